The highest BCUT2D eigenvalue weighted by Gasteiger charge is 2.18. The van der Waals surface area contributed by atoms with Gasteiger partial charge in [0.15, 0.2) is 5.78 Å². The number of hydrogen-bond acceptors (Lipinski definition) is 5. The minimum Gasteiger partial charge on any atom is -0.507 e. The van der Waals surface area contributed by atoms with Gasteiger partial charge in [0.05, 0.1) is 25.3 Å². The van der Waals surface area contributed by atoms with Gasteiger partial charge in [-0.25, -0.2) is 0 Å². The molecule has 2 aromatic rings. The summed E-state index contributed by atoms with van der Waals surface area (Å²) in [6, 6.07) is 8.70. The van der Waals surface area contributed by atoms with Crippen LogP contribution in [0.3, 0.4) is 0 Å². The molecule has 2 N–H and O–H groups in total. The van der Waals surface area contributed by atoms with Crippen LogP contribution >= 0.6 is 0 Å². The van der Waals surface area contributed by atoms with Gasteiger partial charge in [-0.15, -0.1) is 0 Å². The largest absolute Gasteiger partial charge is 0.507 e. The molecule has 0 amide bonds. The molecule has 0 heterocycles. The fraction of sp³-hybridized carbons (Fsp3) is 0.133. The average molecular weight is 276 g/mol. The molecule has 0 aromatic heterocycles. The van der Waals surface area contributed by atoms with Crippen molar-refractivity contribution < 1.29 is 25.9 Å². The quantitative estimate of drug-likeness (QED) is 0.839. The lowest BCUT2D eigenvalue weighted by Crippen LogP contribution is -2.02. The van der Waals surface area contributed by atoms with E-state index in [-0.39, 0.29) is 24.1 Å². The minimum absolute atomic E-state index is 0. The molecule has 0 aliphatic heterocycles. The van der Waals surface area contributed by atoms with Gasteiger partial charge in [-0.1, -0.05) is 0 Å². The zero-order chi connectivity index (χ0) is 14.7. The Morgan fingerprint density at radius 1 is 0.900 bits per heavy atom. The maximum absolute atomic E-state index is 12.3. The molecule has 2 rings (SSSR count). The highest BCUT2D eigenvalue weighted by atomic mass is 16.5. The number of phenols is 2. The number of rotatable bonds is 4. The molecule has 0 bridgehead atoms. The Bertz CT molecular complexity index is 599. The van der Waals surface area contributed by atoms with Crippen molar-refractivity contribution in [2.45, 2.75) is 0 Å². The lowest BCUT2D eigenvalue weighted by Gasteiger charge is -2.08. The van der Waals surface area contributed by atoms with Crippen molar-refractivity contribution in [3.05, 3.63) is 47.5 Å². The van der Waals surface area contributed by atoms with Crippen molar-refractivity contribution in [3.8, 4) is 23.0 Å². The second-order valence-electron chi connectivity index (χ2n) is 4.10. The van der Waals surface area contributed by atoms with Crippen LogP contribution in [0.1, 0.15) is 17.3 Å². The van der Waals surface area contributed by atoms with Gasteiger partial charge in [0.25, 0.3) is 0 Å². The van der Waals surface area contributed by atoms with Gasteiger partial charge < -0.3 is 19.7 Å². The Morgan fingerprint density at radius 2 is 1.30 bits per heavy atom. The summed E-state index contributed by atoms with van der Waals surface area (Å²) in [5.74, 6) is -0.00421. The predicted molar refractivity (Wildman–Crippen MR) is 74.9 cm³/mol. The lowest BCUT2D eigenvalue weighted by molar-refractivity contribution is 0.103. The van der Waals surface area contributed by atoms with Crippen LogP contribution in [0.15, 0.2) is 36.4 Å². The van der Waals surface area contributed by atoms with E-state index in [9.17, 15) is 15.0 Å². The third-order valence-electron chi connectivity index (χ3n) is 2.90. The summed E-state index contributed by atoms with van der Waals surface area (Å²) in [6.07, 6.45) is 0. The Labute approximate surface area is 117 Å². The van der Waals surface area contributed by atoms with Crippen LogP contribution in [-0.4, -0.2) is 30.2 Å². The average Bonchev–Trinajstić information content (AvgIpc) is 2.46. The van der Waals surface area contributed by atoms with Crippen molar-refractivity contribution in [1.29, 1.82) is 0 Å². The van der Waals surface area contributed by atoms with Gasteiger partial charge in [-0.05, 0) is 24.3 Å². The van der Waals surface area contributed by atoms with Gasteiger partial charge in [-0.2, -0.15) is 0 Å². The van der Waals surface area contributed by atoms with E-state index in [0.29, 0.717) is 11.5 Å². The third-order valence-corrected chi connectivity index (χ3v) is 2.90. The Kier molecular flexibility index (Phi) is 3.79. The molecule has 20 heavy (non-hydrogen) atoms. The van der Waals surface area contributed by atoms with Crippen LogP contribution in [-0.2, 0) is 0 Å². The number of hydrogen-bond donors (Lipinski definition) is 2. The summed E-state index contributed by atoms with van der Waals surface area (Å²) in [6.45, 7) is 0. The topological polar surface area (TPSA) is 76.0 Å². The SMILES string of the molecule is COc1ccc(C(=O)c2ccc(OC)cc2O)c(O)c1.[HH]. The first-order valence-corrected chi connectivity index (χ1v) is 5.85. The first-order chi connectivity index (χ1) is 9.56. The summed E-state index contributed by atoms with van der Waals surface area (Å²) in [7, 11) is 2.93. The molecular formula is C15H16O5. The molecule has 2 aromatic carbocycles. The normalized spacial score (nSPS) is 10.1. The number of ketones is 1. The third kappa shape index (κ3) is 2.51. The van der Waals surface area contributed by atoms with E-state index < -0.39 is 5.78 Å². The van der Waals surface area contributed by atoms with E-state index in [4.69, 9.17) is 9.47 Å². The van der Waals surface area contributed by atoms with Crippen molar-refractivity contribution in [2.75, 3.05) is 14.2 Å². The standard InChI is InChI=1S/C15H14O5.H2/c1-19-9-3-5-11(13(16)7-9)15(18)12-6-4-10(20-2)8-14(12)17;/h3-8,16-17H,1-2H3;1H. The van der Waals surface area contributed by atoms with Crippen LogP contribution in [0.25, 0.3) is 0 Å². The fourth-order valence-corrected chi connectivity index (χ4v) is 1.81. The van der Waals surface area contributed by atoms with Gasteiger partial charge in [0, 0.05) is 13.6 Å². The number of aromatic hydroxyl groups is 2. The van der Waals surface area contributed by atoms with Crippen molar-refractivity contribution >= 4 is 5.78 Å². The molecule has 5 nitrogen and oxygen atoms in total. The molecule has 0 saturated carbocycles. The molecule has 5 heteroatoms. The summed E-state index contributed by atoms with van der Waals surface area (Å²) in [4.78, 5) is 12.3. The van der Waals surface area contributed by atoms with Crippen molar-refractivity contribution in [1.82, 2.24) is 0 Å². The number of ether oxygens (including phenoxy) is 2. The highest BCUT2D eigenvalue weighted by molar-refractivity contribution is 6.12. The van der Waals surface area contributed by atoms with Crippen LogP contribution in [0, 0.1) is 0 Å². The number of carbonyl (C=O) groups is 1. The molecule has 0 fully saturated rings. The number of methoxy groups -OCH3 is 2. The zero-order valence-electron chi connectivity index (χ0n) is 11.1. The van der Waals surface area contributed by atoms with E-state index in [1.165, 1.54) is 38.5 Å². The van der Waals surface area contributed by atoms with Crippen LogP contribution < -0.4 is 9.47 Å². The highest BCUT2D eigenvalue weighted by Crippen LogP contribution is 2.30. The first kappa shape index (κ1) is 13.7. The van der Waals surface area contributed by atoms with Gasteiger partial charge in [0.1, 0.15) is 23.0 Å². The maximum atomic E-state index is 12.3. The van der Waals surface area contributed by atoms with E-state index in [1.807, 2.05) is 0 Å². The van der Waals surface area contributed by atoms with E-state index in [0.717, 1.165) is 0 Å². The van der Waals surface area contributed by atoms with E-state index in [1.54, 1.807) is 12.1 Å². The van der Waals surface area contributed by atoms with Crippen molar-refractivity contribution in [3.63, 3.8) is 0 Å². The molecule has 0 atom stereocenters. The van der Waals surface area contributed by atoms with Crippen molar-refractivity contribution in [2.24, 2.45) is 0 Å². The van der Waals surface area contributed by atoms with Crippen LogP contribution in [0.5, 0.6) is 23.0 Å². The summed E-state index contributed by atoms with van der Waals surface area (Å²) < 4.78 is 9.90. The smallest absolute Gasteiger partial charge is 0.200 e. The molecule has 0 spiro atoms. The van der Waals surface area contributed by atoms with Gasteiger partial charge >= 0.3 is 0 Å². The molecule has 0 saturated heterocycles. The van der Waals surface area contributed by atoms with Gasteiger partial charge in [0.2, 0.25) is 0 Å². The Balaban J connectivity index is 0.00000220. The van der Waals surface area contributed by atoms with Crippen LogP contribution in [0.2, 0.25) is 0 Å². The Morgan fingerprint density at radius 3 is 1.60 bits per heavy atom. The summed E-state index contributed by atoms with van der Waals surface area (Å²) in [5.41, 5.74) is 0.178. The van der Waals surface area contributed by atoms with Crippen LogP contribution in [0.4, 0.5) is 0 Å². The number of benzene rings is 2. The molecule has 0 aliphatic carbocycles. The number of phenolic OH excluding ortho intramolecular Hbond substituents is 2. The van der Waals surface area contributed by atoms with E-state index >= 15 is 0 Å². The second-order valence-corrected chi connectivity index (χ2v) is 4.10. The zero-order valence-corrected chi connectivity index (χ0v) is 11.1. The molecule has 0 radical (unpaired) electrons. The monoisotopic (exact) mass is 276 g/mol. The fourth-order valence-electron chi connectivity index (χ4n) is 1.81. The maximum Gasteiger partial charge on any atom is 0.200 e. The van der Waals surface area contributed by atoms with E-state index in [2.05, 4.69) is 0 Å². The molecule has 0 unspecified atom stereocenters. The predicted octanol–water partition coefficient (Wildman–Crippen LogP) is 2.59. The molecule has 0 aliphatic rings. The molecule has 106 valence electrons. The number of carbonyl (C=O) groups excluding carboxylic acids is 1. The summed E-state index contributed by atoms with van der Waals surface area (Å²) in [5, 5.41) is 19.7. The second kappa shape index (κ2) is 5.52. The lowest BCUT2D eigenvalue weighted by atomic mass is 10.0. The Hall–Kier alpha value is -2.69. The van der Waals surface area contributed by atoms with Gasteiger partial charge in [-0.3, -0.25) is 4.79 Å². The minimum atomic E-state index is -0.481. The first-order valence-electron chi connectivity index (χ1n) is 5.85. The summed E-state index contributed by atoms with van der Waals surface area (Å²) >= 11 is 0. The molecular weight excluding hydrogens is 260 g/mol.